The van der Waals surface area contributed by atoms with Crippen molar-refractivity contribution in [2.45, 2.75) is 52.7 Å². The Morgan fingerprint density at radius 3 is 2.39 bits per heavy atom. The van der Waals surface area contributed by atoms with Gasteiger partial charge in [-0.1, -0.05) is 42.8 Å². The van der Waals surface area contributed by atoms with Crippen LogP contribution in [0.2, 0.25) is 5.02 Å². The van der Waals surface area contributed by atoms with Crippen LogP contribution in [-0.2, 0) is 13.5 Å². The molecule has 0 aliphatic rings. The van der Waals surface area contributed by atoms with Crippen molar-refractivity contribution >= 4 is 23.3 Å². The summed E-state index contributed by atoms with van der Waals surface area (Å²) in [4.78, 5) is 28.9. The van der Waals surface area contributed by atoms with Gasteiger partial charge in [0, 0.05) is 37.3 Å². The van der Waals surface area contributed by atoms with Crippen LogP contribution in [0.4, 0.5) is 0 Å². The zero-order valence-corrected chi connectivity index (χ0v) is 20.4. The molecule has 0 radical (unpaired) electrons. The molecule has 1 unspecified atom stereocenters. The Hall–Kier alpha value is -3.12. The number of benzene rings is 2. The molecule has 174 valence electrons. The Labute approximate surface area is 199 Å². The van der Waals surface area contributed by atoms with Gasteiger partial charge in [0.25, 0.3) is 5.91 Å². The van der Waals surface area contributed by atoms with Crippen LogP contribution in [0.25, 0.3) is 11.3 Å². The monoisotopic (exact) mass is 467 g/mol. The van der Waals surface area contributed by atoms with Gasteiger partial charge in [0.2, 0.25) is 0 Å². The number of nitrogens with zero attached hydrogens (tertiary/aromatic N) is 2. The minimum atomic E-state index is -0.165. The molecule has 2 aromatic carbocycles. The van der Waals surface area contributed by atoms with Crippen molar-refractivity contribution in [2.75, 3.05) is 0 Å². The van der Waals surface area contributed by atoms with E-state index in [1.165, 1.54) is 6.92 Å². The van der Waals surface area contributed by atoms with Crippen molar-refractivity contribution in [3.8, 4) is 17.0 Å². The van der Waals surface area contributed by atoms with E-state index in [0.29, 0.717) is 28.6 Å². The fraction of sp³-hybridized carbons (Fsp3) is 0.346. The highest BCUT2D eigenvalue weighted by Gasteiger charge is 2.16. The van der Waals surface area contributed by atoms with Crippen molar-refractivity contribution in [1.82, 2.24) is 14.9 Å². The predicted octanol–water partition coefficient (Wildman–Crippen LogP) is 5.48. The van der Waals surface area contributed by atoms with Gasteiger partial charge in [0.05, 0.1) is 16.8 Å². The molecule has 0 spiro atoms. The van der Waals surface area contributed by atoms with E-state index in [2.05, 4.69) is 10.3 Å². The zero-order valence-electron chi connectivity index (χ0n) is 19.7. The van der Waals surface area contributed by atoms with Gasteiger partial charge in [-0.3, -0.25) is 9.59 Å². The molecule has 1 amide bonds. The molecule has 1 heterocycles. The van der Waals surface area contributed by atoms with E-state index in [1.54, 1.807) is 22.8 Å². The smallest absolute Gasteiger partial charge is 0.251 e. The van der Waals surface area contributed by atoms with Crippen molar-refractivity contribution in [2.24, 2.45) is 7.05 Å². The van der Waals surface area contributed by atoms with E-state index in [0.717, 1.165) is 23.2 Å². The summed E-state index contributed by atoms with van der Waals surface area (Å²) in [5.74, 6) is 0.775. The predicted molar refractivity (Wildman–Crippen MR) is 131 cm³/mol. The van der Waals surface area contributed by atoms with Gasteiger partial charge in [0.15, 0.2) is 11.6 Å². The molecule has 0 fully saturated rings. The number of amides is 1. The maximum absolute atomic E-state index is 12.8. The molecule has 0 bridgehead atoms. The molecule has 0 aliphatic carbocycles. The molecule has 0 saturated heterocycles. The van der Waals surface area contributed by atoms with E-state index in [1.807, 2.05) is 58.3 Å². The Morgan fingerprint density at radius 2 is 1.85 bits per heavy atom. The average molecular weight is 468 g/mol. The van der Waals surface area contributed by atoms with Gasteiger partial charge in [0.1, 0.15) is 5.75 Å². The Balaban J connectivity index is 1.66. The van der Waals surface area contributed by atoms with Crippen LogP contribution in [0.5, 0.6) is 5.75 Å². The highest BCUT2D eigenvalue weighted by atomic mass is 35.5. The van der Waals surface area contributed by atoms with Crippen LogP contribution in [0.15, 0.2) is 48.7 Å². The summed E-state index contributed by atoms with van der Waals surface area (Å²) in [6.07, 6.45) is 3.35. The lowest BCUT2D eigenvalue weighted by Gasteiger charge is -2.18. The second kappa shape index (κ2) is 10.7. The minimum Gasteiger partial charge on any atom is -0.489 e. The lowest BCUT2D eigenvalue weighted by atomic mass is 10.0. The van der Waals surface area contributed by atoms with Crippen LogP contribution < -0.4 is 10.1 Å². The quantitative estimate of drug-likeness (QED) is 0.423. The van der Waals surface area contributed by atoms with Gasteiger partial charge in [-0.2, -0.15) is 0 Å². The van der Waals surface area contributed by atoms with Crippen LogP contribution in [0, 0.1) is 0 Å². The average Bonchev–Trinajstić information content (AvgIpc) is 3.16. The molecular formula is C26H30ClN3O3. The summed E-state index contributed by atoms with van der Waals surface area (Å²) in [7, 11) is 1.81. The lowest BCUT2D eigenvalue weighted by Crippen LogP contribution is -2.36. The first kappa shape index (κ1) is 24.5. The van der Waals surface area contributed by atoms with Crippen LogP contribution in [0.1, 0.15) is 60.7 Å². The number of ether oxygens (including phenoxy) is 1. The topological polar surface area (TPSA) is 73.2 Å². The van der Waals surface area contributed by atoms with Gasteiger partial charge < -0.3 is 14.6 Å². The maximum atomic E-state index is 12.8. The summed E-state index contributed by atoms with van der Waals surface area (Å²) in [6.45, 7) is 7.41. The number of aryl methyl sites for hydroxylation is 1. The molecule has 0 saturated carbocycles. The molecule has 3 rings (SSSR count). The van der Waals surface area contributed by atoms with E-state index in [-0.39, 0.29) is 23.8 Å². The number of halogens is 1. The molecule has 33 heavy (non-hydrogen) atoms. The number of nitrogens with one attached hydrogen (secondary N) is 1. The summed E-state index contributed by atoms with van der Waals surface area (Å²) in [6, 6.07) is 13.1. The number of imidazole rings is 1. The van der Waals surface area contributed by atoms with E-state index < -0.39 is 0 Å². The van der Waals surface area contributed by atoms with Crippen LogP contribution >= 0.6 is 11.6 Å². The normalized spacial score (nSPS) is 12.0. The molecule has 0 aliphatic heterocycles. The number of rotatable bonds is 9. The molecule has 6 nitrogen and oxygen atoms in total. The standard InChI is InChI=1S/C26H30ClN3O3/c1-6-21(28-26(32)20-11-12-24(22(27)14-20)33-16(2)3)13-18-7-9-19(10-8-18)23-15-30(5)25(29-23)17(4)31/h7-12,14-16,21H,6,13H2,1-5H3,(H,28,32). The number of carbonyl (C=O) groups is 2. The third kappa shape index (κ3) is 6.23. The van der Waals surface area contributed by atoms with Crippen molar-refractivity contribution in [1.29, 1.82) is 0 Å². The second-order valence-corrected chi connectivity index (χ2v) is 8.82. The first-order valence-electron chi connectivity index (χ1n) is 11.1. The minimum absolute atomic E-state index is 0.00639. The number of ketones is 1. The fourth-order valence-electron chi connectivity index (χ4n) is 3.59. The number of carbonyl (C=O) groups excluding carboxylic acids is 2. The van der Waals surface area contributed by atoms with Crippen molar-refractivity contribution in [3.63, 3.8) is 0 Å². The Kier molecular flexibility index (Phi) is 7.92. The van der Waals surface area contributed by atoms with E-state index in [4.69, 9.17) is 16.3 Å². The summed E-state index contributed by atoms with van der Waals surface area (Å²) in [5, 5.41) is 3.52. The van der Waals surface area contributed by atoms with E-state index >= 15 is 0 Å². The Morgan fingerprint density at radius 1 is 1.15 bits per heavy atom. The first-order chi connectivity index (χ1) is 15.7. The van der Waals surface area contributed by atoms with Crippen LogP contribution in [-0.4, -0.2) is 33.4 Å². The SMILES string of the molecule is CCC(Cc1ccc(-c2cn(C)c(C(C)=O)n2)cc1)NC(=O)c1ccc(OC(C)C)c(Cl)c1. The van der Waals surface area contributed by atoms with Crippen molar-refractivity contribution in [3.05, 3.63) is 70.6 Å². The number of aromatic nitrogens is 2. The molecular weight excluding hydrogens is 438 g/mol. The number of Topliss-reactive ketones (excluding diaryl/α,β-unsaturated/α-hetero) is 1. The fourth-order valence-corrected chi connectivity index (χ4v) is 3.81. The molecule has 1 aromatic heterocycles. The number of hydrogen-bond acceptors (Lipinski definition) is 4. The Bertz CT molecular complexity index is 1140. The van der Waals surface area contributed by atoms with Gasteiger partial charge in [-0.25, -0.2) is 4.98 Å². The third-order valence-electron chi connectivity index (χ3n) is 5.31. The zero-order chi connectivity index (χ0) is 24.1. The highest BCUT2D eigenvalue weighted by Crippen LogP contribution is 2.26. The van der Waals surface area contributed by atoms with Gasteiger partial charge >= 0.3 is 0 Å². The summed E-state index contributed by atoms with van der Waals surface area (Å²) >= 11 is 6.28. The second-order valence-electron chi connectivity index (χ2n) is 8.41. The number of hydrogen-bond donors (Lipinski definition) is 1. The van der Waals surface area contributed by atoms with E-state index in [9.17, 15) is 9.59 Å². The van der Waals surface area contributed by atoms with Gasteiger partial charge in [-0.15, -0.1) is 0 Å². The third-order valence-corrected chi connectivity index (χ3v) is 5.60. The van der Waals surface area contributed by atoms with Gasteiger partial charge in [-0.05, 0) is 50.5 Å². The summed E-state index contributed by atoms with van der Waals surface area (Å²) in [5.41, 5.74) is 3.31. The maximum Gasteiger partial charge on any atom is 0.251 e. The van der Waals surface area contributed by atoms with Crippen molar-refractivity contribution < 1.29 is 14.3 Å². The molecule has 7 heteroatoms. The summed E-state index contributed by atoms with van der Waals surface area (Å²) < 4.78 is 7.37. The highest BCUT2D eigenvalue weighted by molar-refractivity contribution is 6.32. The first-order valence-corrected chi connectivity index (χ1v) is 11.5. The molecule has 1 atom stereocenters. The largest absolute Gasteiger partial charge is 0.489 e. The molecule has 3 aromatic rings. The molecule has 1 N–H and O–H groups in total. The lowest BCUT2D eigenvalue weighted by molar-refractivity contribution is 0.0934. The van der Waals surface area contributed by atoms with Crippen LogP contribution in [0.3, 0.4) is 0 Å².